The molecule has 0 bridgehead atoms. The van der Waals surface area contributed by atoms with Crippen LogP contribution in [0.25, 0.3) is 0 Å². The van der Waals surface area contributed by atoms with Gasteiger partial charge in [-0.1, -0.05) is 0 Å². The number of carbonyl (C=O) groups is 1. The summed E-state index contributed by atoms with van der Waals surface area (Å²) in [6, 6.07) is 1.07. The Morgan fingerprint density at radius 1 is 1.26 bits per heavy atom. The normalized spacial score (nSPS) is 10.5. The number of rotatable bonds is 8. The predicted octanol–water partition coefficient (Wildman–Crippen LogP) is 1.57. The number of carbonyl (C=O) groups excluding carboxylic acids is 1. The minimum atomic E-state index is -1.32. The lowest BCUT2D eigenvalue weighted by Gasteiger charge is -2.06. The monoisotopic (exact) mass is 275 g/mol. The molecule has 0 amide bonds. The molecule has 106 valence electrons. The average molecular weight is 275 g/mol. The van der Waals surface area contributed by atoms with Gasteiger partial charge >= 0.3 is 5.97 Å². The lowest BCUT2D eigenvalue weighted by Crippen LogP contribution is -2.12. The van der Waals surface area contributed by atoms with E-state index >= 15 is 0 Å². The molecule has 1 aromatic heterocycles. The molecule has 0 saturated heterocycles. The summed E-state index contributed by atoms with van der Waals surface area (Å²) in [6.45, 7) is 1.40. The van der Waals surface area contributed by atoms with Crippen molar-refractivity contribution in [2.45, 2.75) is 6.42 Å². The van der Waals surface area contributed by atoms with Gasteiger partial charge in [0.15, 0.2) is 5.82 Å². The van der Waals surface area contributed by atoms with Crippen molar-refractivity contribution in [1.82, 2.24) is 4.98 Å². The molecule has 0 spiro atoms. The van der Waals surface area contributed by atoms with E-state index in [1.807, 2.05) is 0 Å². The van der Waals surface area contributed by atoms with Crippen molar-refractivity contribution in [2.24, 2.45) is 0 Å². The molecule has 0 saturated carbocycles. The molecule has 0 aliphatic carbocycles. The summed E-state index contributed by atoms with van der Waals surface area (Å²) in [7, 11) is 1.56. The van der Waals surface area contributed by atoms with E-state index in [9.17, 15) is 13.6 Å². The van der Waals surface area contributed by atoms with Gasteiger partial charge in [0.1, 0.15) is 5.56 Å². The lowest BCUT2D eigenvalue weighted by atomic mass is 10.2. The summed E-state index contributed by atoms with van der Waals surface area (Å²) in [5.41, 5.74) is -0.465. The van der Waals surface area contributed by atoms with Crippen LogP contribution < -0.4 is 0 Å². The van der Waals surface area contributed by atoms with E-state index in [0.29, 0.717) is 26.2 Å². The maximum Gasteiger partial charge on any atom is 0.341 e. The Morgan fingerprint density at radius 2 is 2.05 bits per heavy atom. The van der Waals surface area contributed by atoms with Crippen LogP contribution in [0.5, 0.6) is 0 Å². The van der Waals surface area contributed by atoms with Gasteiger partial charge in [-0.3, -0.25) is 0 Å². The van der Waals surface area contributed by atoms with E-state index in [4.69, 9.17) is 14.2 Å². The molecule has 0 fully saturated rings. The molecule has 0 aromatic carbocycles. The fourth-order valence-electron chi connectivity index (χ4n) is 1.22. The number of ether oxygens (including phenoxy) is 3. The van der Waals surface area contributed by atoms with Crippen molar-refractivity contribution >= 4 is 5.97 Å². The molecule has 0 atom stereocenters. The zero-order valence-corrected chi connectivity index (χ0v) is 10.5. The largest absolute Gasteiger partial charge is 0.462 e. The van der Waals surface area contributed by atoms with Gasteiger partial charge in [-0.25, -0.2) is 14.2 Å². The highest BCUT2D eigenvalue weighted by Crippen LogP contribution is 2.10. The molecule has 5 nitrogen and oxygen atoms in total. The highest BCUT2D eigenvalue weighted by Gasteiger charge is 2.16. The van der Waals surface area contributed by atoms with Crippen LogP contribution in [0.3, 0.4) is 0 Å². The van der Waals surface area contributed by atoms with Crippen LogP contribution in [0.2, 0.25) is 0 Å². The van der Waals surface area contributed by atoms with Gasteiger partial charge in [0, 0.05) is 26.3 Å². The number of methoxy groups -OCH3 is 1. The molecule has 19 heavy (non-hydrogen) atoms. The molecule has 1 heterocycles. The van der Waals surface area contributed by atoms with Gasteiger partial charge in [-0.2, -0.15) is 4.39 Å². The van der Waals surface area contributed by atoms with Crippen LogP contribution >= 0.6 is 0 Å². The highest BCUT2D eigenvalue weighted by atomic mass is 19.2. The van der Waals surface area contributed by atoms with E-state index in [2.05, 4.69) is 4.98 Å². The number of aromatic nitrogens is 1. The molecule has 0 aliphatic heterocycles. The Bertz CT molecular complexity index is 415. The van der Waals surface area contributed by atoms with Crippen LogP contribution in [0.1, 0.15) is 16.8 Å². The first-order valence-corrected chi connectivity index (χ1v) is 5.70. The standard InChI is InChI=1S/C12H15F2NO4/c1-17-7-8-18-5-2-6-19-12(16)9-3-4-15-11(14)10(9)13/h3-4H,2,5-8H2,1H3. The number of halogens is 2. The van der Waals surface area contributed by atoms with Crippen molar-refractivity contribution in [3.63, 3.8) is 0 Å². The van der Waals surface area contributed by atoms with Gasteiger partial charge in [-0.05, 0) is 6.07 Å². The first-order chi connectivity index (χ1) is 9.16. The van der Waals surface area contributed by atoms with Crippen molar-refractivity contribution in [1.29, 1.82) is 0 Å². The summed E-state index contributed by atoms with van der Waals surface area (Å²) in [5.74, 6) is -3.54. The van der Waals surface area contributed by atoms with E-state index < -0.39 is 23.3 Å². The Hall–Kier alpha value is -1.60. The summed E-state index contributed by atoms with van der Waals surface area (Å²) in [5, 5.41) is 0. The third-order valence-corrected chi connectivity index (χ3v) is 2.16. The van der Waals surface area contributed by atoms with Crippen LogP contribution in [-0.2, 0) is 14.2 Å². The lowest BCUT2D eigenvalue weighted by molar-refractivity contribution is 0.0380. The molecule has 0 N–H and O–H groups in total. The Kier molecular flexibility index (Phi) is 6.91. The average Bonchev–Trinajstić information content (AvgIpc) is 2.40. The van der Waals surface area contributed by atoms with E-state index in [-0.39, 0.29) is 6.61 Å². The Balaban J connectivity index is 2.26. The maximum atomic E-state index is 13.2. The molecule has 7 heteroatoms. The third kappa shape index (κ3) is 5.27. The van der Waals surface area contributed by atoms with E-state index in [1.165, 1.54) is 0 Å². The molecule has 1 aromatic rings. The second-order valence-corrected chi connectivity index (χ2v) is 3.56. The van der Waals surface area contributed by atoms with E-state index in [1.54, 1.807) is 7.11 Å². The summed E-state index contributed by atoms with van der Waals surface area (Å²) < 4.78 is 40.7. The zero-order valence-electron chi connectivity index (χ0n) is 10.5. The second-order valence-electron chi connectivity index (χ2n) is 3.56. The fraction of sp³-hybridized carbons (Fsp3) is 0.500. The van der Waals surface area contributed by atoms with Gasteiger partial charge in [0.05, 0.1) is 19.8 Å². The topological polar surface area (TPSA) is 57.7 Å². The van der Waals surface area contributed by atoms with Crippen molar-refractivity contribution in [3.05, 3.63) is 29.6 Å². The van der Waals surface area contributed by atoms with Crippen LogP contribution in [0.4, 0.5) is 8.78 Å². The number of esters is 1. The minimum Gasteiger partial charge on any atom is -0.462 e. The summed E-state index contributed by atoms with van der Waals surface area (Å²) in [4.78, 5) is 14.5. The van der Waals surface area contributed by atoms with Crippen LogP contribution in [-0.4, -0.2) is 44.5 Å². The highest BCUT2D eigenvalue weighted by molar-refractivity contribution is 5.89. The SMILES string of the molecule is COCCOCCCOC(=O)c1ccnc(F)c1F. The number of pyridine rings is 1. The molecular weight excluding hydrogens is 260 g/mol. The zero-order chi connectivity index (χ0) is 14.1. The Morgan fingerprint density at radius 3 is 2.79 bits per heavy atom. The predicted molar refractivity (Wildman–Crippen MR) is 61.7 cm³/mol. The molecule has 0 aliphatic rings. The molecule has 0 radical (unpaired) electrons. The number of nitrogens with zero attached hydrogens (tertiary/aromatic N) is 1. The Labute approximate surface area is 109 Å². The van der Waals surface area contributed by atoms with Gasteiger partial charge in [0.2, 0.25) is 5.95 Å². The number of hydrogen-bond acceptors (Lipinski definition) is 5. The maximum absolute atomic E-state index is 13.2. The summed E-state index contributed by atoms with van der Waals surface area (Å²) >= 11 is 0. The summed E-state index contributed by atoms with van der Waals surface area (Å²) in [6.07, 6.45) is 1.47. The van der Waals surface area contributed by atoms with Crippen molar-refractivity contribution in [3.8, 4) is 0 Å². The van der Waals surface area contributed by atoms with Gasteiger partial charge in [0.25, 0.3) is 0 Å². The minimum absolute atomic E-state index is 0.0647. The van der Waals surface area contributed by atoms with Crippen LogP contribution in [0, 0.1) is 11.8 Å². The fourth-order valence-corrected chi connectivity index (χ4v) is 1.22. The first-order valence-electron chi connectivity index (χ1n) is 5.70. The third-order valence-electron chi connectivity index (χ3n) is 2.16. The van der Waals surface area contributed by atoms with Crippen molar-refractivity contribution in [2.75, 3.05) is 33.5 Å². The smallest absolute Gasteiger partial charge is 0.341 e. The van der Waals surface area contributed by atoms with E-state index in [0.717, 1.165) is 12.3 Å². The quantitative estimate of drug-likeness (QED) is 0.409. The first kappa shape index (κ1) is 15.5. The van der Waals surface area contributed by atoms with Crippen molar-refractivity contribution < 1.29 is 27.8 Å². The van der Waals surface area contributed by atoms with Gasteiger partial charge < -0.3 is 14.2 Å². The second kappa shape index (κ2) is 8.49. The van der Waals surface area contributed by atoms with Gasteiger partial charge in [-0.15, -0.1) is 0 Å². The van der Waals surface area contributed by atoms with Crippen LogP contribution in [0.15, 0.2) is 12.3 Å². The number of hydrogen-bond donors (Lipinski definition) is 0. The molecule has 1 rings (SSSR count). The molecule has 0 unspecified atom stereocenters. The molecular formula is C12H15F2NO4.